The summed E-state index contributed by atoms with van der Waals surface area (Å²) in [6.07, 6.45) is 4.01. The second-order valence-corrected chi connectivity index (χ2v) is 8.08. The van der Waals surface area contributed by atoms with Crippen LogP contribution in [0.25, 0.3) is 10.8 Å². The predicted octanol–water partition coefficient (Wildman–Crippen LogP) is 3.26. The van der Waals surface area contributed by atoms with Gasteiger partial charge in [0.25, 0.3) is 11.5 Å². The van der Waals surface area contributed by atoms with Crippen molar-refractivity contribution >= 4 is 22.4 Å². The lowest BCUT2D eigenvalue weighted by molar-refractivity contribution is 0.0949. The lowest BCUT2D eigenvalue weighted by Gasteiger charge is -2.34. The molecule has 138 valence electrons. The Bertz CT molecular complexity index is 912. The van der Waals surface area contributed by atoms with E-state index in [0.717, 1.165) is 31.4 Å². The quantitative estimate of drug-likeness (QED) is 0.841. The molecule has 0 saturated heterocycles. The Morgan fingerprint density at radius 3 is 2.42 bits per heavy atom. The highest BCUT2D eigenvalue weighted by atomic mass is 16.2. The number of carbonyl (C=O) groups excluding carboxylic acids is 1. The molecule has 0 aliphatic heterocycles. The van der Waals surface area contributed by atoms with Crippen LogP contribution in [0, 0.1) is 11.3 Å². The lowest BCUT2D eigenvalue weighted by Crippen LogP contribution is -2.29. The maximum Gasteiger partial charge on any atom is 0.292 e. The van der Waals surface area contributed by atoms with Crippen molar-refractivity contribution < 1.29 is 4.79 Å². The number of nitrogens with zero attached hydrogens (tertiary/aromatic N) is 3. The third-order valence-electron chi connectivity index (χ3n) is 5.27. The van der Waals surface area contributed by atoms with Crippen LogP contribution < -0.4 is 11.0 Å². The number of benzene rings is 1. The molecule has 1 aromatic carbocycles. The first-order valence-corrected chi connectivity index (χ1v) is 9.09. The largest absolute Gasteiger partial charge is 0.292 e. The third-order valence-corrected chi connectivity index (χ3v) is 5.27. The SMILES string of the molecule is Cn1nc(C(=O)NN=C2CCC(C(C)(C)C)CC2)c2ccccc2c1=O. The molecule has 0 radical (unpaired) electrons. The molecule has 0 bridgehead atoms. The van der Waals surface area contributed by atoms with Gasteiger partial charge in [-0.3, -0.25) is 9.59 Å². The van der Waals surface area contributed by atoms with Crippen LogP contribution in [0.4, 0.5) is 0 Å². The summed E-state index contributed by atoms with van der Waals surface area (Å²) in [5, 5.41) is 9.48. The molecular formula is C20H26N4O2. The van der Waals surface area contributed by atoms with Crippen molar-refractivity contribution in [1.82, 2.24) is 15.2 Å². The minimum atomic E-state index is -0.387. The minimum Gasteiger partial charge on any atom is -0.267 e. The van der Waals surface area contributed by atoms with Gasteiger partial charge in [0.1, 0.15) is 0 Å². The zero-order chi connectivity index (χ0) is 18.9. The van der Waals surface area contributed by atoms with E-state index >= 15 is 0 Å². The van der Waals surface area contributed by atoms with Crippen molar-refractivity contribution in [2.45, 2.75) is 46.5 Å². The summed E-state index contributed by atoms with van der Waals surface area (Å²) in [6.45, 7) is 6.83. The highest BCUT2D eigenvalue weighted by Crippen LogP contribution is 2.36. The number of aromatic nitrogens is 2. The molecule has 2 aromatic rings. The van der Waals surface area contributed by atoms with Gasteiger partial charge in [0.05, 0.1) is 5.39 Å². The predicted molar refractivity (Wildman–Crippen MR) is 103 cm³/mol. The van der Waals surface area contributed by atoms with Crippen molar-refractivity contribution in [2.75, 3.05) is 0 Å². The molecule has 1 aliphatic carbocycles. The van der Waals surface area contributed by atoms with Gasteiger partial charge in [-0.05, 0) is 43.1 Å². The van der Waals surface area contributed by atoms with E-state index in [9.17, 15) is 9.59 Å². The number of carbonyl (C=O) groups is 1. The van der Waals surface area contributed by atoms with Crippen LogP contribution in [-0.4, -0.2) is 21.4 Å². The van der Waals surface area contributed by atoms with Gasteiger partial charge in [-0.15, -0.1) is 0 Å². The number of hydrazone groups is 1. The Kier molecular flexibility index (Phi) is 4.94. The van der Waals surface area contributed by atoms with Gasteiger partial charge in [-0.1, -0.05) is 39.0 Å². The Labute approximate surface area is 153 Å². The van der Waals surface area contributed by atoms with Gasteiger partial charge in [-0.2, -0.15) is 10.2 Å². The molecule has 1 N–H and O–H groups in total. The van der Waals surface area contributed by atoms with E-state index < -0.39 is 0 Å². The first kappa shape index (κ1) is 18.3. The lowest BCUT2D eigenvalue weighted by atomic mass is 9.72. The number of nitrogens with one attached hydrogen (secondary N) is 1. The van der Waals surface area contributed by atoms with Crippen molar-refractivity contribution in [3.8, 4) is 0 Å². The zero-order valence-electron chi connectivity index (χ0n) is 15.9. The fraction of sp³-hybridized carbons (Fsp3) is 0.500. The maximum atomic E-state index is 12.6. The average Bonchev–Trinajstić information content (AvgIpc) is 2.62. The molecule has 0 spiro atoms. The molecule has 1 heterocycles. The summed E-state index contributed by atoms with van der Waals surface area (Å²) in [7, 11) is 1.55. The van der Waals surface area contributed by atoms with Crippen molar-refractivity contribution in [1.29, 1.82) is 0 Å². The van der Waals surface area contributed by atoms with Crippen molar-refractivity contribution in [3.05, 3.63) is 40.3 Å². The molecule has 1 amide bonds. The van der Waals surface area contributed by atoms with Gasteiger partial charge in [0.15, 0.2) is 5.69 Å². The smallest absolute Gasteiger partial charge is 0.267 e. The zero-order valence-corrected chi connectivity index (χ0v) is 15.9. The van der Waals surface area contributed by atoms with Crippen LogP contribution in [-0.2, 0) is 7.05 Å². The fourth-order valence-electron chi connectivity index (χ4n) is 3.58. The Balaban J connectivity index is 1.77. The van der Waals surface area contributed by atoms with Gasteiger partial charge in [0, 0.05) is 18.1 Å². The number of rotatable bonds is 2. The van der Waals surface area contributed by atoms with Gasteiger partial charge in [-0.25, -0.2) is 10.1 Å². The topological polar surface area (TPSA) is 76.3 Å². The van der Waals surface area contributed by atoms with Crippen LogP contribution in [0.3, 0.4) is 0 Å². The van der Waals surface area contributed by atoms with E-state index in [2.05, 4.69) is 36.4 Å². The van der Waals surface area contributed by atoms with Crippen LogP contribution >= 0.6 is 0 Å². The normalized spacial score (nSPS) is 18.0. The summed E-state index contributed by atoms with van der Waals surface area (Å²) in [4.78, 5) is 24.8. The first-order valence-electron chi connectivity index (χ1n) is 9.09. The van der Waals surface area contributed by atoms with E-state index in [1.165, 1.54) is 4.68 Å². The molecule has 1 saturated carbocycles. The van der Waals surface area contributed by atoms with Crippen LogP contribution in [0.1, 0.15) is 56.9 Å². The van der Waals surface area contributed by atoms with Crippen LogP contribution in [0.2, 0.25) is 0 Å². The number of hydrogen-bond acceptors (Lipinski definition) is 4. The summed E-state index contributed by atoms with van der Waals surface area (Å²) in [5.74, 6) is 0.300. The minimum absolute atomic E-state index is 0.218. The van der Waals surface area contributed by atoms with Crippen molar-refractivity contribution in [2.24, 2.45) is 23.5 Å². The molecule has 1 fully saturated rings. The highest BCUT2D eigenvalue weighted by molar-refractivity contribution is 6.05. The molecule has 0 atom stereocenters. The summed E-state index contributed by atoms with van der Waals surface area (Å²) in [5.41, 5.74) is 3.96. The van der Waals surface area contributed by atoms with Gasteiger partial charge < -0.3 is 0 Å². The molecule has 26 heavy (non-hydrogen) atoms. The number of hydrogen-bond donors (Lipinski definition) is 1. The number of aryl methyl sites for hydroxylation is 1. The standard InChI is InChI=1S/C20H26N4O2/c1-20(2,3)13-9-11-14(12-10-13)21-22-18(25)17-15-7-5-6-8-16(15)19(26)24(4)23-17/h5-8,13H,9-12H2,1-4H3,(H,22,25). The van der Waals surface area contributed by atoms with Gasteiger partial charge >= 0.3 is 0 Å². The molecule has 3 rings (SSSR count). The fourth-order valence-corrected chi connectivity index (χ4v) is 3.58. The molecule has 0 unspecified atom stereocenters. The van der Waals surface area contributed by atoms with E-state index in [1.54, 1.807) is 31.3 Å². The molecule has 6 nitrogen and oxygen atoms in total. The summed E-state index contributed by atoms with van der Waals surface area (Å²) >= 11 is 0. The molecule has 6 heteroatoms. The summed E-state index contributed by atoms with van der Waals surface area (Å²) < 4.78 is 1.19. The maximum absolute atomic E-state index is 12.6. The van der Waals surface area contributed by atoms with E-state index in [1.807, 2.05) is 0 Å². The molecule has 1 aromatic heterocycles. The Morgan fingerprint density at radius 1 is 1.19 bits per heavy atom. The highest BCUT2D eigenvalue weighted by Gasteiger charge is 2.28. The van der Waals surface area contributed by atoms with E-state index in [-0.39, 0.29) is 17.2 Å². The number of amides is 1. The van der Waals surface area contributed by atoms with Crippen LogP contribution in [0.5, 0.6) is 0 Å². The van der Waals surface area contributed by atoms with E-state index in [4.69, 9.17) is 0 Å². The Hall–Kier alpha value is -2.50. The second kappa shape index (κ2) is 7.02. The monoisotopic (exact) mass is 354 g/mol. The second-order valence-electron chi connectivity index (χ2n) is 8.08. The molecular weight excluding hydrogens is 328 g/mol. The molecule has 1 aliphatic rings. The first-order chi connectivity index (χ1) is 12.3. The van der Waals surface area contributed by atoms with Crippen molar-refractivity contribution in [3.63, 3.8) is 0 Å². The van der Waals surface area contributed by atoms with Gasteiger partial charge in [0.2, 0.25) is 0 Å². The Morgan fingerprint density at radius 2 is 1.81 bits per heavy atom. The average molecular weight is 354 g/mol. The third kappa shape index (κ3) is 3.69. The number of fused-ring (bicyclic) bond motifs is 1. The van der Waals surface area contributed by atoms with Crippen LogP contribution in [0.15, 0.2) is 34.2 Å². The van der Waals surface area contributed by atoms with E-state index in [0.29, 0.717) is 22.1 Å². The summed E-state index contributed by atoms with van der Waals surface area (Å²) in [6, 6.07) is 7.01.